The van der Waals surface area contributed by atoms with Gasteiger partial charge >= 0.3 is 0 Å². The molecule has 0 saturated heterocycles. The van der Waals surface area contributed by atoms with E-state index in [0.29, 0.717) is 21.5 Å². The molecule has 0 heterocycles. The molecule has 1 amide bonds. The van der Waals surface area contributed by atoms with Crippen molar-refractivity contribution in [1.29, 1.82) is 0 Å². The van der Waals surface area contributed by atoms with E-state index in [2.05, 4.69) is 21.2 Å². The van der Waals surface area contributed by atoms with E-state index in [9.17, 15) is 9.90 Å². The van der Waals surface area contributed by atoms with Gasteiger partial charge in [0.1, 0.15) is 16.0 Å². The fourth-order valence-electron chi connectivity index (χ4n) is 1.68. The summed E-state index contributed by atoms with van der Waals surface area (Å²) in [6, 6.07) is 2.95. The zero-order chi connectivity index (χ0) is 15.3. The molecule has 0 bridgehead atoms. The number of amides is 1. The highest BCUT2D eigenvalue weighted by atomic mass is 79.9. The quantitative estimate of drug-likeness (QED) is 0.829. The molecular weight excluding hydrogens is 326 g/mol. The topological polar surface area (TPSA) is 67.8 Å². The number of halogens is 1. The summed E-state index contributed by atoms with van der Waals surface area (Å²) in [4.78, 5) is 12.2. The summed E-state index contributed by atoms with van der Waals surface area (Å²) >= 11 is 3.35. The number of carbonyl (C=O) groups is 1. The van der Waals surface area contributed by atoms with Crippen LogP contribution in [-0.2, 0) is 0 Å². The van der Waals surface area contributed by atoms with Crippen LogP contribution in [0, 0.1) is 5.92 Å². The normalized spacial score (nSPS) is 12.2. The van der Waals surface area contributed by atoms with Gasteiger partial charge in [-0.25, -0.2) is 0 Å². The molecule has 1 atom stereocenters. The van der Waals surface area contributed by atoms with Gasteiger partial charge in [-0.05, 0) is 34.0 Å². The molecule has 0 fully saturated rings. The summed E-state index contributed by atoms with van der Waals surface area (Å²) in [6.45, 7) is 3.77. The van der Waals surface area contributed by atoms with E-state index in [1.165, 1.54) is 14.2 Å². The maximum Gasteiger partial charge on any atom is 0.251 e. The molecule has 0 unspecified atom stereocenters. The number of nitrogens with one attached hydrogen (secondary N) is 1. The Morgan fingerprint density at radius 1 is 1.30 bits per heavy atom. The van der Waals surface area contributed by atoms with Crippen LogP contribution < -0.4 is 14.8 Å². The second kappa shape index (κ2) is 7.50. The van der Waals surface area contributed by atoms with Crippen LogP contribution in [0.15, 0.2) is 16.6 Å². The Hall–Kier alpha value is -1.27. The first-order valence-corrected chi connectivity index (χ1v) is 7.07. The van der Waals surface area contributed by atoms with Gasteiger partial charge in [0.25, 0.3) is 5.91 Å². The third kappa shape index (κ3) is 3.86. The lowest BCUT2D eigenvalue weighted by Gasteiger charge is -2.20. The molecular formula is C14H20BrNO4. The van der Waals surface area contributed by atoms with Crippen molar-refractivity contribution in [2.75, 3.05) is 20.8 Å². The number of hydrogen-bond donors (Lipinski definition) is 2. The van der Waals surface area contributed by atoms with E-state index in [1.54, 1.807) is 12.1 Å². The van der Waals surface area contributed by atoms with Gasteiger partial charge in [0, 0.05) is 5.56 Å². The van der Waals surface area contributed by atoms with Gasteiger partial charge < -0.3 is 19.9 Å². The summed E-state index contributed by atoms with van der Waals surface area (Å²) in [5.41, 5.74) is 0.418. The predicted molar refractivity (Wildman–Crippen MR) is 80.4 cm³/mol. The monoisotopic (exact) mass is 345 g/mol. The first kappa shape index (κ1) is 16.8. The number of hydrogen-bond acceptors (Lipinski definition) is 4. The SMILES string of the molecule is COc1cc(C(=O)N[C@H](CO)C(C)C)cc(OC)c1Br. The van der Waals surface area contributed by atoms with E-state index in [0.717, 1.165) is 0 Å². The van der Waals surface area contributed by atoms with Gasteiger partial charge in [-0.15, -0.1) is 0 Å². The summed E-state index contributed by atoms with van der Waals surface area (Å²) in [7, 11) is 3.04. The molecule has 0 saturated carbocycles. The maximum absolute atomic E-state index is 12.2. The second-order valence-electron chi connectivity index (χ2n) is 4.70. The van der Waals surface area contributed by atoms with Gasteiger partial charge in [-0.1, -0.05) is 13.8 Å². The standard InChI is InChI=1S/C14H20BrNO4/c1-8(2)10(7-17)16-14(18)9-5-11(19-3)13(15)12(6-9)20-4/h5-6,8,10,17H,7H2,1-4H3,(H,16,18)/t10-/m1/s1. The Morgan fingerprint density at radius 3 is 2.15 bits per heavy atom. The third-order valence-corrected chi connectivity index (χ3v) is 3.81. The molecule has 1 aromatic rings. The van der Waals surface area contributed by atoms with E-state index < -0.39 is 0 Å². The Bertz CT molecular complexity index is 451. The van der Waals surface area contributed by atoms with Crippen LogP contribution >= 0.6 is 15.9 Å². The number of aliphatic hydroxyl groups excluding tert-OH is 1. The number of benzene rings is 1. The van der Waals surface area contributed by atoms with Gasteiger partial charge in [0.05, 0.1) is 26.9 Å². The van der Waals surface area contributed by atoms with Crippen LogP contribution in [0.5, 0.6) is 11.5 Å². The molecule has 0 aliphatic rings. The van der Waals surface area contributed by atoms with Crippen LogP contribution in [0.1, 0.15) is 24.2 Å². The molecule has 0 aliphatic heterocycles. The Labute approximate surface area is 127 Å². The van der Waals surface area contributed by atoms with Crippen molar-refractivity contribution in [1.82, 2.24) is 5.32 Å². The highest BCUT2D eigenvalue weighted by Gasteiger charge is 2.19. The van der Waals surface area contributed by atoms with E-state index in [1.807, 2.05) is 13.8 Å². The zero-order valence-electron chi connectivity index (χ0n) is 12.1. The average Bonchev–Trinajstić information content (AvgIpc) is 2.44. The largest absolute Gasteiger partial charge is 0.495 e. The van der Waals surface area contributed by atoms with Crippen molar-refractivity contribution >= 4 is 21.8 Å². The molecule has 0 aromatic heterocycles. The van der Waals surface area contributed by atoms with E-state index in [4.69, 9.17) is 9.47 Å². The summed E-state index contributed by atoms with van der Waals surface area (Å²) in [5.74, 6) is 0.893. The molecule has 112 valence electrons. The average molecular weight is 346 g/mol. The summed E-state index contributed by atoms with van der Waals surface area (Å²) in [6.07, 6.45) is 0. The zero-order valence-corrected chi connectivity index (χ0v) is 13.7. The fourth-order valence-corrected chi connectivity index (χ4v) is 2.23. The fraction of sp³-hybridized carbons (Fsp3) is 0.500. The summed E-state index contributed by atoms with van der Waals surface area (Å²) < 4.78 is 11.1. The highest BCUT2D eigenvalue weighted by Crippen LogP contribution is 2.35. The first-order valence-electron chi connectivity index (χ1n) is 6.27. The Kier molecular flexibility index (Phi) is 6.29. The Morgan fingerprint density at radius 2 is 1.80 bits per heavy atom. The number of methoxy groups -OCH3 is 2. The minimum absolute atomic E-state index is 0.103. The van der Waals surface area contributed by atoms with E-state index >= 15 is 0 Å². The van der Waals surface area contributed by atoms with Crippen molar-refractivity contribution in [3.05, 3.63) is 22.2 Å². The van der Waals surface area contributed by atoms with Gasteiger partial charge in [-0.2, -0.15) is 0 Å². The smallest absolute Gasteiger partial charge is 0.251 e. The molecule has 0 radical (unpaired) electrons. The van der Waals surface area contributed by atoms with Crippen LogP contribution in [0.4, 0.5) is 0 Å². The van der Waals surface area contributed by atoms with Crippen molar-refractivity contribution in [3.8, 4) is 11.5 Å². The lowest BCUT2D eigenvalue weighted by Crippen LogP contribution is -2.41. The molecule has 20 heavy (non-hydrogen) atoms. The molecule has 5 nitrogen and oxygen atoms in total. The molecule has 0 spiro atoms. The Balaban J connectivity index is 3.04. The lowest BCUT2D eigenvalue weighted by atomic mass is 10.0. The van der Waals surface area contributed by atoms with Crippen LogP contribution in [0.3, 0.4) is 0 Å². The van der Waals surface area contributed by atoms with Crippen molar-refractivity contribution in [2.45, 2.75) is 19.9 Å². The van der Waals surface area contributed by atoms with Crippen molar-refractivity contribution in [3.63, 3.8) is 0 Å². The van der Waals surface area contributed by atoms with Crippen LogP contribution in [0.25, 0.3) is 0 Å². The molecule has 6 heteroatoms. The van der Waals surface area contributed by atoms with Crippen LogP contribution in [0.2, 0.25) is 0 Å². The number of ether oxygens (including phenoxy) is 2. The van der Waals surface area contributed by atoms with Gasteiger partial charge in [0.15, 0.2) is 0 Å². The minimum atomic E-state index is -0.289. The number of aliphatic hydroxyl groups is 1. The second-order valence-corrected chi connectivity index (χ2v) is 5.49. The molecule has 2 N–H and O–H groups in total. The van der Waals surface area contributed by atoms with Crippen molar-refractivity contribution in [2.24, 2.45) is 5.92 Å². The highest BCUT2D eigenvalue weighted by molar-refractivity contribution is 9.10. The maximum atomic E-state index is 12.2. The molecule has 1 aromatic carbocycles. The molecule has 0 aliphatic carbocycles. The summed E-state index contributed by atoms with van der Waals surface area (Å²) in [5, 5.41) is 12.1. The lowest BCUT2D eigenvalue weighted by molar-refractivity contribution is 0.0896. The van der Waals surface area contributed by atoms with Gasteiger partial charge in [-0.3, -0.25) is 4.79 Å². The number of rotatable bonds is 6. The van der Waals surface area contributed by atoms with E-state index in [-0.39, 0.29) is 24.5 Å². The van der Waals surface area contributed by atoms with Gasteiger partial charge in [0.2, 0.25) is 0 Å². The predicted octanol–water partition coefficient (Wildman–Crippen LogP) is 2.21. The van der Waals surface area contributed by atoms with Crippen LogP contribution in [-0.4, -0.2) is 37.9 Å². The minimum Gasteiger partial charge on any atom is -0.495 e. The van der Waals surface area contributed by atoms with Crippen molar-refractivity contribution < 1.29 is 19.4 Å². The first-order chi connectivity index (χ1) is 9.44. The third-order valence-electron chi connectivity index (χ3n) is 3.03. The number of carbonyl (C=O) groups excluding carboxylic acids is 1. The molecule has 1 rings (SSSR count).